The Morgan fingerprint density at radius 1 is 1.09 bits per heavy atom. The van der Waals surface area contributed by atoms with Crippen molar-refractivity contribution in [2.75, 3.05) is 0 Å². The highest BCUT2D eigenvalue weighted by Gasteiger charge is 2.20. The van der Waals surface area contributed by atoms with Crippen LogP contribution in [0.2, 0.25) is 0 Å². The summed E-state index contributed by atoms with van der Waals surface area (Å²) < 4.78 is 15.7. The number of benzene rings is 1. The van der Waals surface area contributed by atoms with Crippen molar-refractivity contribution in [1.82, 2.24) is 14.4 Å². The molecule has 0 saturated heterocycles. The van der Waals surface area contributed by atoms with Crippen LogP contribution in [0.15, 0.2) is 42.6 Å². The highest BCUT2D eigenvalue weighted by Crippen LogP contribution is 2.31. The van der Waals surface area contributed by atoms with E-state index in [1.807, 2.05) is 24.4 Å². The quantitative estimate of drug-likeness (QED) is 0.507. The largest absolute Gasteiger partial charge is 0.298 e. The number of rotatable bonds is 1. The van der Waals surface area contributed by atoms with Crippen LogP contribution in [-0.4, -0.2) is 14.4 Å². The van der Waals surface area contributed by atoms with Crippen LogP contribution in [0.4, 0.5) is 4.39 Å². The third-order valence-electron chi connectivity index (χ3n) is 3.97. The van der Waals surface area contributed by atoms with Gasteiger partial charge in [0, 0.05) is 17.6 Å². The monoisotopic (exact) mass is 307 g/mol. The Labute approximate surface area is 133 Å². The van der Waals surface area contributed by atoms with Gasteiger partial charge in [-0.2, -0.15) is 0 Å². The number of aromatic nitrogens is 3. The smallest absolute Gasteiger partial charge is 0.137 e. The summed E-state index contributed by atoms with van der Waals surface area (Å²) in [7, 11) is 0. The molecule has 0 saturated carbocycles. The van der Waals surface area contributed by atoms with Crippen molar-refractivity contribution >= 4 is 27.6 Å². The lowest BCUT2D eigenvalue weighted by Gasteiger charge is -2.18. The molecular weight excluding hydrogens is 289 g/mol. The predicted molar refractivity (Wildman–Crippen MR) is 91.1 cm³/mol. The number of imidazole rings is 1. The predicted octanol–water partition coefficient (Wildman–Crippen LogP) is 4.76. The van der Waals surface area contributed by atoms with Gasteiger partial charge in [0.25, 0.3) is 0 Å². The molecule has 3 aromatic heterocycles. The molecule has 4 aromatic rings. The molecule has 0 aliphatic heterocycles. The van der Waals surface area contributed by atoms with Gasteiger partial charge in [0.2, 0.25) is 0 Å². The number of nitrogens with zero attached hydrogens (tertiary/aromatic N) is 3. The zero-order valence-corrected chi connectivity index (χ0v) is 13.5. The molecule has 0 aliphatic carbocycles. The summed E-state index contributed by atoms with van der Waals surface area (Å²) in [6.45, 7) is 6.54. The number of halogens is 1. The van der Waals surface area contributed by atoms with Crippen LogP contribution < -0.4 is 0 Å². The van der Waals surface area contributed by atoms with Crippen molar-refractivity contribution in [1.29, 1.82) is 0 Å². The number of pyridine rings is 2. The van der Waals surface area contributed by atoms with Gasteiger partial charge in [0.15, 0.2) is 0 Å². The fraction of sp³-hybridized carbons (Fsp3) is 0.263. The van der Waals surface area contributed by atoms with E-state index in [1.54, 1.807) is 6.07 Å². The highest BCUT2D eigenvalue weighted by atomic mass is 19.1. The standard InChI is InChI=1S/C19H18FN3/c1-19(2,3)11-15-18-17(22-16-6-4-5-9-23(16)18)13-8-7-12(20)10-14(13)21-15/h4-10H,11H2,1-3H3. The van der Waals surface area contributed by atoms with E-state index in [1.165, 1.54) is 12.1 Å². The highest BCUT2D eigenvalue weighted by molar-refractivity contribution is 6.04. The zero-order chi connectivity index (χ0) is 16.2. The first kappa shape index (κ1) is 14.1. The number of hydrogen-bond donors (Lipinski definition) is 0. The molecule has 0 radical (unpaired) electrons. The Bertz CT molecular complexity index is 1040. The second kappa shape index (κ2) is 4.75. The lowest BCUT2D eigenvalue weighted by atomic mass is 9.89. The minimum atomic E-state index is -0.269. The second-order valence-electron chi connectivity index (χ2n) is 7.20. The fourth-order valence-corrected chi connectivity index (χ4v) is 3.08. The molecule has 0 spiro atoms. The van der Waals surface area contributed by atoms with Gasteiger partial charge in [-0.1, -0.05) is 26.8 Å². The Kier molecular flexibility index (Phi) is 2.92. The van der Waals surface area contributed by atoms with Gasteiger partial charge in [-0.05, 0) is 36.1 Å². The van der Waals surface area contributed by atoms with Crippen molar-refractivity contribution in [3.8, 4) is 0 Å². The van der Waals surface area contributed by atoms with Gasteiger partial charge in [-0.25, -0.2) is 9.37 Å². The molecule has 0 atom stereocenters. The van der Waals surface area contributed by atoms with Crippen LogP contribution in [0.3, 0.4) is 0 Å². The first-order chi connectivity index (χ1) is 10.9. The Hall–Kier alpha value is -2.49. The van der Waals surface area contributed by atoms with Crippen LogP contribution in [0, 0.1) is 11.2 Å². The fourth-order valence-electron chi connectivity index (χ4n) is 3.08. The molecule has 0 fully saturated rings. The maximum absolute atomic E-state index is 13.6. The van der Waals surface area contributed by atoms with E-state index in [4.69, 9.17) is 9.97 Å². The third kappa shape index (κ3) is 2.34. The van der Waals surface area contributed by atoms with Crippen molar-refractivity contribution in [2.24, 2.45) is 5.41 Å². The molecule has 1 aromatic carbocycles. The summed E-state index contributed by atoms with van der Waals surface area (Å²) in [5.41, 5.74) is 4.51. The van der Waals surface area contributed by atoms with Crippen LogP contribution in [0.1, 0.15) is 26.5 Å². The van der Waals surface area contributed by atoms with E-state index in [2.05, 4.69) is 25.2 Å². The molecule has 0 amide bonds. The molecule has 4 rings (SSSR count). The van der Waals surface area contributed by atoms with Gasteiger partial charge in [-0.3, -0.25) is 9.38 Å². The second-order valence-corrected chi connectivity index (χ2v) is 7.20. The Morgan fingerprint density at radius 3 is 2.70 bits per heavy atom. The topological polar surface area (TPSA) is 30.2 Å². The zero-order valence-electron chi connectivity index (χ0n) is 13.5. The van der Waals surface area contributed by atoms with E-state index in [0.29, 0.717) is 5.52 Å². The maximum Gasteiger partial charge on any atom is 0.137 e. The molecule has 116 valence electrons. The van der Waals surface area contributed by atoms with E-state index in [9.17, 15) is 4.39 Å². The first-order valence-electron chi connectivity index (χ1n) is 7.77. The summed E-state index contributed by atoms with van der Waals surface area (Å²) in [5, 5.41) is 0.891. The number of fused-ring (bicyclic) bond motifs is 5. The third-order valence-corrected chi connectivity index (χ3v) is 3.97. The molecule has 3 nitrogen and oxygen atoms in total. The average molecular weight is 307 g/mol. The number of hydrogen-bond acceptors (Lipinski definition) is 2. The molecule has 3 heterocycles. The Morgan fingerprint density at radius 2 is 1.91 bits per heavy atom. The van der Waals surface area contributed by atoms with Gasteiger partial charge in [0.1, 0.15) is 17.0 Å². The van der Waals surface area contributed by atoms with Crippen LogP contribution in [-0.2, 0) is 6.42 Å². The van der Waals surface area contributed by atoms with Gasteiger partial charge >= 0.3 is 0 Å². The van der Waals surface area contributed by atoms with Gasteiger partial charge < -0.3 is 0 Å². The summed E-state index contributed by atoms with van der Waals surface area (Å²) in [5.74, 6) is -0.269. The van der Waals surface area contributed by atoms with Crippen molar-refractivity contribution in [3.05, 3.63) is 54.1 Å². The van der Waals surface area contributed by atoms with E-state index < -0.39 is 0 Å². The van der Waals surface area contributed by atoms with Crippen LogP contribution >= 0.6 is 0 Å². The summed E-state index contributed by atoms with van der Waals surface area (Å²) in [4.78, 5) is 9.54. The molecule has 0 N–H and O–H groups in total. The normalized spacial score (nSPS) is 12.5. The van der Waals surface area contributed by atoms with E-state index >= 15 is 0 Å². The Balaban J connectivity index is 2.18. The minimum Gasteiger partial charge on any atom is -0.298 e. The maximum atomic E-state index is 13.6. The van der Waals surface area contributed by atoms with Gasteiger partial charge in [0.05, 0.1) is 16.7 Å². The minimum absolute atomic E-state index is 0.0832. The van der Waals surface area contributed by atoms with Crippen molar-refractivity contribution in [3.63, 3.8) is 0 Å². The van der Waals surface area contributed by atoms with Crippen molar-refractivity contribution in [2.45, 2.75) is 27.2 Å². The molecule has 4 heteroatoms. The molecule has 0 bridgehead atoms. The molecule has 0 aliphatic rings. The summed E-state index contributed by atoms with van der Waals surface area (Å²) in [6.07, 6.45) is 2.81. The average Bonchev–Trinajstić information content (AvgIpc) is 2.85. The van der Waals surface area contributed by atoms with Crippen molar-refractivity contribution < 1.29 is 4.39 Å². The van der Waals surface area contributed by atoms with Crippen LogP contribution in [0.25, 0.3) is 27.6 Å². The first-order valence-corrected chi connectivity index (χ1v) is 7.77. The lowest BCUT2D eigenvalue weighted by Crippen LogP contribution is -2.11. The summed E-state index contributed by atoms with van der Waals surface area (Å²) in [6, 6.07) is 10.7. The molecule has 0 unspecified atom stereocenters. The molecular formula is C19H18FN3. The van der Waals surface area contributed by atoms with E-state index in [-0.39, 0.29) is 11.2 Å². The SMILES string of the molecule is CC(C)(C)Cc1nc2cc(F)ccc2c2nc3ccccn3c12. The van der Waals surface area contributed by atoms with E-state index in [0.717, 1.165) is 34.2 Å². The summed E-state index contributed by atoms with van der Waals surface area (Å²) >= 11 is 0. The van der Waals surface area contributed by atoms with Gasteiger partial charge in [-0.15, -0.1) is 0 Å². The molecule has 23 heavy (non-hydrogen) atoms. The van der Waals surface area contributed by atoms with Crippen LogP contribution in [0.5, 0.6) is 0 Å². The lowest BCUT2D eigenvalue weighted by molar-refractivity contribution is 0.408.